The molecule has 0 saturated heterocycles. The molecule has 0 aliphatic heterocycles. The quantitative estimate of drug-likeness (QED) is 0.729. The lowest BCUT2D eigenvalue weighted by atomic mass is 10.0. The highest BCUT2D eigenvalue weighted by molar-refractivity contribution is 5.44. The fraction of sp³-hybridized carbons (Fsp3) is 0.385. The van der Waals surface area contributed by atoms with Crippen LogP contribution in [0.1, 0.15) is 12.5 Å². The lowest BCUT2D eigenvalue weighted by molar-refractivity contribution is 0.351. The molecule has 1 atom stereocenters. The van der Waals surface area contributed by atoms with Gasteiger partial charge in [0.05, 0.1) is 14.2 Å². The maximum Gasteiger partial charge on any atom is 0.163 e. The number of hydrogen-bond donors (Lipinski definition) is 0. The van der Waals surface area contributed by atoms with Gasteiger partial charge in [0, 0.05) is 12.0 Å². The first-order valence-electron chi connectivity index (χ1n) is 4.98. The van der Waals surface area contributed by atoms with Crippen LogP contribution in [0.2, 0.25) is 0 Å². The summed E-state index contributed by atoms with van der Waals surface area (Å²) in [6.07, 6.45) is 5.76. The molecule has 3 heteroatoms. The molecule has 0 aliphatic rings. The molecule has 1 aromatic rings. The van der Waals surface area contributed by atoms with E-state index in [1.54, 1.807) is 6.07 Å². The average molecular weight is 222 g/mol. The third-order valence-electron chi connectivity index (χ3n) is 2.36. The van der Waals surface area contributed by atoms with E-state index in [-0.39, 0.29) is 11.7 Å². The summed E-state index contributed by atoms with van der Waals surface area (Å²) in [5.74, 6) is 3.14. The number of ether oxygens (including phenoxy) is 2. The molecule has 1 aromatic carbocycles. The normalized spacial score (nSPS) is 11.7. The van der Waals surface area contributed by atoms with Crippen LogP contribution < -0.4 is 9.47 Å². The molecule has 0 aromatic heterocycles. The zero-order chi connectivity index (χ0) is 12.1. The second-order valence-corrected chi connectivity index (χ2v) is 3.57. The summed E-state index contributed by atoms with van der Waals surface area (Å²) in [6.45, 7) is 1.87. The van der Waals surface area contributed by atoms with Crippen LogP contribution in [-0.4, -0.2) is 14.2 Å². The Labute approximate surface area is 95.4 Å². The van der Waals surface area contributed by atoms with Crippen LogP contribution in [0.25, 0.3) is 0 Å². The highest BCUT2D eigenvalue weighted by Crippen LogP contribution is 2.30. The van der Waals surface area contributed by atoms with Crippen molar-refractivity contribution in [2.45, 2.75) is 13.3 Å². The first kappa shape index (κ1) is 12.4. The van der Waals surface area contributed by atoms with Gasteiger partial charge >= 0.3 is 0 Å². The van der Waals surface area contributed by atoms with Gasteiger partial charge in [-0.15, -0.1) is 12.3 Å². The molecule has 0 aliphatic carbocycles. The van der Waals surface area contributed by atoms with E-state index < -0.39 is 0 Å². The van der Waals surface area contributed by atoms with Gasteiger partial charge in [-0.2, -0.15) is 0 Å². The molecule has 1 unspecified atom stereocenters. The van der Waals surface area contributed by atoms with E-state index in [0.717, 1.165) is 0 Å². The molecule has 0 radical (unpaired) electrons. The van der Waals surface area contributed by atoms with E-state index in [1.807, 2.05) is 6.92 Å². The largest absolute Gasteiger partial charge is 0.493 e. The first-order chi connectivity index (χ1) is 7.62. The van der Waals surface area contributed by atoms with Gasteiger partial charge in [-0.25, -0.2) is 4.39 Å². The molecule has 0 heterocycles. The number of benzene rings is 1. The number of halogens is 1. The third kappa shape index (κ3) is 2.66. The van der Waals surface area contributed by atoms with Crippen molar-refractivity contribution >= 4 is 0 Å². The van der Waals surface area contributed by atoms with Gasteiger partial charge in [0.15, 0.2) is 11.5 Å². The van der Waals surface area contributed by atoms with Crippen molar-refractivity contribution in [1.82, 2.24) is 0 Å². The molecular formula is C13H15FO2. The Morgan fingerprint density at radius 2 is 1.88 bits per heavy atom. The fourth-order valence-electron chi connectivity index (χ4n) is 1.44. The monoisotopic (exact) mass is 222 g/mol. The van der Waals surface area contributed by atoms with E-state index in [1.165, 1.54) is 20.3 Å². The summed E-state index contributed by atoms with van der Waals surface area (Å²) in [6, 6.07) is 2.94. The zero-order valence-corrected chi connectivity index (χ0v) is 9.71. The summed E-state index contributed by atoms with van der Waals surface area (Å²) < 4.78 is 23.7. The second-order valence-electron chi connectivity index (χ2n) is 3.57. The van der Waals surface area contributed by atoms with Gasteiger partial charge < -0.3 is 9.47 Å². The molecule has 0 bridgehead atoms. The molecule has 1 rings (SSSR count). The lowest BCUT2D eigenvalue weighted by Gasteiger charge is -2.11. The number of hydrogen-bond acceptors (Lipinski definition) is 2. The molecule has 16 heavy (non-hydrogen) atoms. The Morgan fingerprint density at radius 1 is 1.31 bits per heavy atom. The molecule has 0 saturated carbocycles. The van der Waals surface area contributed by atoms with Gasteiger partial charge in [0.2, 0.25) is 0 Å². The van der Waals surface area contributed by atoms with Gasteiger partial charge in [-0.05, 0) is 18.1 Å². The van der Waals surface area contributed by atoms with E-state index in [2.05, 4.69) is 5.92 Å². The summed E-state index contributed by atoms with van der Waals surface area (Å²) in [5, 5.41) is 0. The number of rotatable bonds is 4. The van der Waals surface area contributed by atoms with Crippen molar-refractivity contribution in [3.63, 3.8) is 0 Å². The number of methoxy groups -OCH3 is 2. The van der Waals surface area contributed by atoms with Crippen molar-refractivity contribution in [3.05, 3.63) is 23.5 Å². The Bertz CT molecular complexity index is 407. The highest BCUT2D eigenvalue weighted by atomic mass is 19.1. The van der Waals surface area contributed by atoms with Gasteiger partial charge in [-0.1, -0.05) is 6.92 Å². The first-order valence-corrected chi connectivity index (χ1v) is 4.98. The molecule has 0 fully saturated rings. The maximum atomic E-state index is 13.6. The van der Waals surface area contributed by atoms with Crippen LogP contribution in [0.3, 0.4) is 0 Å². The van der Waals surface area contributed by atoms with Crippen LogP contribution in [-0.2, 0) is 6.42 Å². The summed E-state index contributed by atoms with van der Waals surface area (Å²) in [7, 11) is 2.99. The summed E-state index contributed by atoms with van der Waals surface area (Å²) in [5.41, 5.74) is 0.545. The standard InChI is InChI=1S/C13H15FO2/c1-5-9(2)6-10-7-12(15-3)13(16-4)8-11(10)14/h1,7-9H,6H2,2-4H3. The topological polar surface area (TPSA) is 18.5 Å². The lowest BCUT2D eigenvalue weighted by Crippen LogP contribution is -2.01. The predicted octanol–water partition coefficient (Wildman–Crippen LogP) is 2.65. The molecule has 2 nitrogen and oxygen atoms in total. The summed E-state index contributed by atoms with van der Waals surface area (Å²) in [4.78, 5) is 0. The molecule has 0 spiro atoms. The molecule has 0 amide bonds. The van der Waals surface area contributed by atoms with Crippen molar-refractivity contribution in [3.8, 4) is 23.8 Å². The molecular weight excluding hydrogens is 207 g/mol. The fourth-order valence-corrected chi connectivity index (χ4v) is 1.44. The Morgan fingerprint density at radius 3 is 2.38 bits per heavy atom. The SMILES string of the molecule is C#CC(C)Cc1cc(OC)c(OC)cc1F. The minimum atomic E-state index is -0.320. The maximum absolute atomic E-state index is 13.6. The van der Waals surface area contributed by atoms with E-state index in [9.17, 15) is 4.39 Å². The van der Waals surface area contributed by atoms with Crippen LogP contribution in [0, 0.1) is 24.1 Å². The third-order valence-corrected chi connectivity index (χ3v) is 2.36. The van der Waals surface area contributed by atoms with Gasteiger partial charge in [0.25, 0.3) is 0 Å². The Kier molecular flexibility index (Phi) is 4.19. The van der Waals surface area contributed by atoms with Crippen molar-refractivity contribution in [2.24, 2.45) is 5.92 Å². The average Bonchev–Trinajstić information content (AvgIpc) is 2.30. The van der Waals surface area contributed by atoms with Gasteiger partial charge in [0.1, 0.15) is 5.82 Å². The summed E-state index contributed by atoms with van der Waals surface area (Å²) >= 11 is 0. The highest BCUT2D eigenvalue weighted by Gasteiger charge is 2.12. The van der Waals surface area contributed by atoms with E-state index >= 15 is 0 Å². The van der Waals surface area contributed by atoms with Crippen molar-refractivity contribution in [2.75, 3.05) is 14.2 Å². The zero-order valence-electron chi connectivity index (χ0n) is 9.71. The number of terminal acetylenes is 1. The predicted molar refractivity (Wildman–Crippen MR) is 61.2 cm³/mol. The van der Waals surface area contributed by atoms with E-state index in [4.69, 9.17) is 15.9 Å². The van der Waals surface area contributed by atoms with Crippen LogP contribution in [0.4, 0.5) is 4.39 Å². The minimum Gasteiger partial charge on any atom is -0.493 e. The molecule has 0 N–H and O–H groups in total. The van der Waals surface area contributed by atoms with Crippen LogP contribution in [0.5, 0.6) is 11.5 Å². The van der Waals surface area contributed by atoms with Crippen LogP contribution in [0.15, 0.2) is 12.1 Å². The van der Waals surface area contributed by atoms with Crippen LogP contribution >= 0.6 is 0 Å². The van der Waals surface area contributed by atoms with E-state index in [0.29, 0.717) is 23.5 Å². The Hall–Kier alpha value is -1.69. The second kappa shape index (κ2) is 5.41. The van der Waals surface area contributed by atoms with Crippen molar-refractivity contribution < 1.29 is 13.9 Å². The molecule has 86 valence electrons. The van der Waals surface area contributed by atoms with Gasteiger partial charge in [-0.3, -0.25) is 0 Å². The Balaban J connectivity index is 3.07. The minimum absolute atomic E-state index is 0.00685. The smallest absolute Gasteiger partial charge is 0.163 e. The van der Waals surface area contributed by atoms with Crippen molar-refractivity contribution in [1.29, 1.82) is 0 Å².